The first-order chi connectivity index (χ1) is 27.0. The number of carbonyl (C=O) groups excluding carboxylic acids is 3. The van der Waals surface area contributed by atoms with Crippen molar-refractivity contribution in [2.45, 2.75) is 129 Å². The fourth-order valence-electron chi connectivity index (χ4n) is 8.52. The Hall–Kier alpha value is -3.80. The number of nitrogens with zero attached hydrogens (tertiary/aromatic N) is 3. The number of nitrogens with one attached hydrogen (secondary N) is 1. The van der Waals surface area contributed by atoms with Crippen molar-refractivity contribution in [3.05, 3.63) is 42.3 Å². The molecule has 3 aromatic rings. The van der Waals surface area contributed by atoms with Gasteiger partial charge in [-0.25, -0.2) is 9.97 Å². The van der Waals surface area contributed by atoms with Crippen LogP contribution in [-0.2, 0) is 23.7 Å². The van der Waals surface area contributed by atoms with Crippen LogP contribution < -0.4 is 14.8 Å². The van der Waals surface area contributed by atoms with Crippen molar-refractivity contribution in [3.8, 4) is 22.9 Å². The fraction of sp³-hybridized carbons (Fsp3) is 0.605. The number of carbonyl (C=O) groups is 3. The van der Waals surface area contributed by atoms with Gasteiger partial charge in [-0.15, -0.1) is 17.9 Å². The average Bonchev–Trinajstić information content (AvgIpc) is 3.55. The van der Waals surface area contributed by atoms with E-state index in [1.165, 1.54) is 11.3 Å². The molecule has 2 aromatic heterocycles. The number of esters is 1. The number of likely N-dealkylation sites (tertiary alicyclic amines) is 1. The Morgan fingerprint density at radius 3 is 2.51 bits per heavy atom. The Kier molecular flexibility index (Phi) is 12.9. The largest absolute Gasteiger partial charge is 0.497 e. The summed E-state index contributed by atoms with van der Waals surface area (Å²) >= 11 is 1.48. The topological polar surface area (TPSA) is 157 Å². The highest BCUT2D eigenvalue weighted by Crippen LogP contribution is 2.73. The molecule has 310 valence electrons. The highest BCUT2D eigenvalue weighted by Gasteiger charge is 2.65. The van der Waals surface area contributed by atoms with Crippen LogP contribution in [0.4, 0.5) is 5.13 Å². The molecule has 57 heavy (non-hydrogen) atoms. The zero-order valence-electron chi connectivity index (χ0n) is 34.4. The lowest BCUT2D eigenvalue weighted by molar-refractivity contribution is -0.156. The normalized spacial score (nSPS) is 23.9. The lowest BCUT2D eigenvalue weighted by atomic mass is 9.77. The van der Waals surface area contributed by atoms with Crippen molar-refractivity contribution >= 4 is 52.4 Å². The van der Waals surface area contributed by atoms with Crippen molar-refractivity contribution in [2.24, 2.45) is 17.3 Å². The van der Waals surface area contributed by atoms with Gasteiger partial charge in [-0.05, 0) is 75.8 Å². The summed E-state index contributed by atoms with van der Waals surface area (Å²) in [4.78, 5) is 65.3. The van der Waals surface area contributed by atoms with Gasteiger partial charge in [-0.2, -0.15) is 0 Å². The molecule has 0 radical (unpaired) electrons. The number of aromatic nitrogens is 2. The van der Waals surface area contributed by atoms with E-state index in [4.69, 9.17) is 24.2 Å². The van der Waals surface area contributed by atoms with Gasteiger partial charge in [0.05, 0.1) is 48.4 Å². The number of thiazole rings is 1. The van der Waals surface area contributed by atoms with Crippen LogP contribution in [0, 0.1) is 17.3 Å². The van der Waals surface area contributed by atoms with E-state index < -0.39 is 42.0 Å². The Morgan fingerprint density at radius 2 is 1.88 bits per heavy atom. The number of fused-ring (bicyclic) bond motifs is 1. The monoisotopic (exact) mass is 822 g/mol. The van der Waals surface area contributed by atoms with Crippen LogP contribution in [0.1, 0.15) is 99.3 Å². The van der Waals surface area contributed by atoms with Gasteiger partial charge in [0.1, 0.15) is 29.4 Å². The summed E-state index contributed by atoms with van der Waals surface area (Å²) in [5.74, 6) is -0.958. The molecule has 1 saturated heterocycles. The van der Waals surface area contributed by atoms with Crippen molar-refractivity contribution in [1.82, 2.24) is 14.9 Å². The average molecular weight is 823 g/mol. The minimum Gasteiger partial charge on any atom is -0.497 e. The molecule has 3 aliphatic rings. The van der Waals surface area contributed by atoms with Crippen LogP contribution in [0.3, 0.4) is 0 Å². The Labute approximate surface area is 340 Å². The van der Waals surface area contributed by atoms with Crippen LogP contribution >= 0.6 is 18.7 Å². The van der Waals surface area contributed by atoms with E-state index in [1.54, 1.807) is 18.1 Å². The number of amides is 1. The maximum absolute atomic E-state index is 14.8. The Balaban J connectivity index is 1.34. The van der Waals surface area contributed by atoms with E-state index in [0.717, 1.165) is 36.2 Å². The second kappa shape index (κ2) is 17.2. The van der Waals surface area contributed by atoms with E-state index in [1.807, 2.05) is 71.2 Å². The number of anilines is 1. The number of hydrogen-bond acceptors (Lipinski definition) is 11. The summed E-state index contributed by atoms with van der Waals surface area (Å²) in [6.45, 7) is 15.7. The van der Waals surface area contributed by atoms with Gasteiger partial charge in [0.2, 0.25) is 13.3 Å². The van der Waals surface area contributed by atoms with Gasteiger partial charge in [0, 0.05) is 47.9 Å². The third-order valence-corrected chi connectivity index (χ3v) is 15.7. The zero-order chi connectivity index (χ0) is 41.3. The van der Waals surface area contributed by atoms with Crippen LogP contribution in [0.25, 0.3) is 22.3 Å². The molecule has 2 N–H and O–H groups in total. The summed E-state index contributed by atoms with van der Waals surface area (Å²) in [6, 6.07) is 6.63. The molecular formula is C43H59N4O8PS. The second-order valence-corrected chi connectivity index (χ2v) is 21.0. The number of ketones is 1. The smallest absolute Gasteiger partial charge is 0.306 e. The summed E-state index contributed by atoms with van der Waals surface area (Å²) < 4.78 is 31.9. The maximum Gasteiger partial charge on any atom is 0.306 e. The molecule has 6 atom stereocenters. The molecule has 1 amide bonds. The van der Waals surface area contributed by atoms with Gasteiger partial charge in [0.25, 0.3) is 0 Å². The number of ether oxygens (including phenoxy) is 3. The first-order valence-electron chi connectivity index (χ1n) is 20.3. The molecule has 3 fully saturated rings. The molecular weight excluding hydrogens is 764 g/mol. The lowest BCUT2D eigenvalue weighted by Crippen LogP contribution is -2.48. The SMILES string of the molecule is C=C[C@@H]1C[C@]1(CC(=O)[C@@H]1C[C@@H](Oc2cc(-c3csc(NC(C)C)n3)nc3cc(OC)ccc23)CN1C(=O)[C@@H](CC(=O)OC1CCCC1)C(C)(C)C)P(=O)(O)CCC. The molecule has 2 aliphatic carbocycles. The summed E-state index contributed by atoms with van der Waals surface area (Å²) in [5, 5.41) is 5.65. The van der Waals surface area contributed by atoms with Crippen molar-refractivity contribution in [2.75, 3.05) is 25.1 Å². The van der Waals surface area contributed by atoms with E-state index in [2.05, 4.69) is 11.9 Å². The Morgan fingerprint density at radius 1 is 1.14 bits per heavy atom. The summed E-state index contributed by atoms with van der Waals surface area (Å²) in [5.41, 5.74) is 1.24. The van der Waals surface area contributed by atoms with Crippen molar-refractivity contribution in [3.63, 3.8) is 0 Å². The third kappa shape index (κ3) is 9.42. The van der Waals surface area contributed by atoms with E-state index >= 15 is 0 Å². The fourth-order valence-corrected chi connectivity index (χ4v) is 11.9. The predicted octanol–water partition coefficient (Wildman–Crippen LogP) is 8.66. The van der Waals surface area contributed by atoms with Crippen LogP contribution in [0.5, 0.6) is 11.5 Å². The number of hydrogen-bond donors (Lipinski definition) is 2. The molecule has 1 aliphatic heterocycles. The number of allylic oxidation sites excluding steroid dienone is 1. The Bertz CT molecular complexity index is 2020. The zero-order valence-corrected chi connectivity index (χ0v) is 36.1. The number of benzene rings is 1. The van der Waals surface area contributed by atoms with Gasteiger partial charge < -0.3 is 29.3 Å². The van der Waals surface area contributed by atoms with Crippen molar-refractivity contribution in [1.29, 1.82) is 0 Å². The predicted molar refractivity (Wildman–Crippen MR) is 224 cm³/mol. The standard InChI is InChI=1S/C43H59N4O8PS/c1-9-17-56(51,52)43(22-27(43)10-2)23-37(48)36-19-30(24-47(36)40(50)32(42(5,6)7)20-39(49)55-28-13-11-12-14-28)54-38-21-34(35-25-57-41(46-35)44-26(3)4)45-33-18-29(53-8)15-16-31(33)38/h10,15-16,18,21,25-28,30,32,36H,2,9,11-14,17,19-20,22-24H2,1,3-8H3,(H,44,46)(H,51,52)/t27-,30-,32-,36+,43-/m1/s1. The van der Waals surface area contributed by atoms with E-state index in [0.29, 0.717) is 41.2 Å². The van der Waals surface area contributed by atoms with E-state index in [9.17, 15) is 23.8 Å². The molecule has 3 heterocycles. The van der Waals surface area contributed by atoms with Crippen LogP contribution in [0.15, 0.2) is 42.3 Å². The van der Waals surface area contributed by atoms with Crippen LogP contribution in [-0.4, -0.2) is 86.7 Å². The molecule has 1 aromatic carbocycles. The molecule has 14 heteroatoms. The molecule has 6 rings (SSSR count). The van der Waals surface area contributed by atoms with E-state index in [-0.39, 0.29) is 61.7 Å². The second-order valence-electron chi connectivity index (χ2n) is 17.4. The maximum atomic E-state index is 14.8. The highest BCUT2D eigenvalue weighted by molar-refractivity contribution is 7.60. The number of rotatable bonds is 17. The molecule has 1 unspecified atom stereocenters. The number of pyridine rings is 1. The van der Waals surface area contributed by atoms with Gasteiger partial charge in [0.15, 0.2) is 10.9 Å². The van der Waals surface area contributed by atoms with Gasteiger partial charge >= 0.3 is 5.97 Å². The molecule has 0 bridgehead atoms. The molecule has 0 spiro atoms. The van der Waals surface area contributed by atoms with Gasteiger partial charge in [-0.1, -0.05) is 33.8 Å². The third-order valence-electron chi connectivity index (χ3n) is 11.8. The quantitative estimate of drug-likeness (QED) is 0.0763. The summed E-state index contributed by atoms with van der Waals surface area (Å²) in [6.07, 6.45) is 5.47. The molecule has 12 nitrogen and oxygen atoms in total. The molecule has 2 saturated carbocycles. The number of Topliss-reactive ketones (excluding diaryl/α,β-unsaturated/α-hetero) is 1. The van der Waals surface area contributed by atoms with Crippen molar-refractivity contribution < 1.29 is 38.1 Å². The summed E-state index contributed by atoms with van der Waals surface area (Å²) in [7, 11) is -2.14. The highest BCUT2D eigenvalue weighted by atomic mass is 32.1. The first kappa shape index (κ1) is 42.8. The first-order valence-corrected chi connectivity index (χ1v) is 23.1. The minimum atomic E-state index is -3.73. The van der Waals surface area contributed by atoms with Gasteiger partial charge in [-0.3, -0.25) is 18.9 Å². The number of methoxy groups -OCH3 is 1. The lowest BCUT2D eigenvalue weighted by Gasteiger charge is -2.35. The minimum absolute atomic E-state index is 0.0809. The van der Waals surface area contributed by atoms with Crippen LogP contribution in [0.2, 0.25) is 0 Å².